The van der Waals surface area contributed by atoms with Crippen molar-refractivity contribution in [3.05, 3.63) is 54.1 Å². The van der Waals surface area contributed by atoms with Crippen molar-refractivity contribution in [2.45, 2.75) is 5.92 Å². The van der Waals surface area contributed by atoms with Crippen LogP contribution in [0.4, 0.5) is 5.69 Å². The van der Waals surface area contributed by atoms with Gasteiger partial charge in [-0.1, -0.05) is 48.5 Å². The van der Waals surface area contributed by atoms with Crippen molar-refractivity contribution in [2.24, 2.45) is 0 Å². The van der Waals surface area contributed by atoms with Crippen LogP contribution in [0, 0.1) is 0 Å². The average molecular weight is 263 g/mol. The molecule has 1 atom stereocenters. The maximum atomic E-state index is 11.3. The third kappa shape index (κ3) is 1.43. The SMILES string of the molecule is O=C(O)C1CNc2c1ccc1c2ccc2ccccc21. The number of hydrogen-bond acceptors (Lipinski definition) is 2. The molecule has 0 aliphatic carbocycles. The second-order valence-corrected chi connectivity index (χ2v) is 5.18. The number of carboxylic acid groups (broad SMARTS) is 1. The fourth-order valence-electron chi connectivity index (χ4n) is 3.13. The van der Waals surface area contributed by atoms with Crippen LogP contribution >= 0.6 is 0 Å². The Morgan fingerprint density at radius 1 is 1.00 bits per heavy atom. The molecule has 3 heteroatoms. The fourth-order valence-corrected chi connectivity index (χ4v) is 3.13. The van der Waals surface area contributed by atoms with Gasteiger partial charge >= 0.3 is 5.97 Å². The molecule has 20 heavy (non-hydrogen) atoms. The van der Waals surface area contributed by atoms with Gasteiger partial charge in [0, 0.05) is 17.6 Å². The smallest absolute Gasteiger partial charge is 0.312 e. The van der Waals surface area contributed by atoms with Gasteiger partial charge in [0.25, 0.3) is 0 Å². The van der Waals surface area contributed by atoms with Crippen LogP contribution in [0.3, 0.4) is 0 Å². The Balaban J connectivity index is 2.07. The lowest BCUT2D eigenvalue weighted by Gasteiger charge is -2.09. The molecule has 3 aromatic rings. The summed E-state index contributed by atoms with van der Waals surface area (Å²) in [5.74, 6) is -1.21. The van der Waals surface area contributed by atoms with E-state index >= 15 is 0 Å². The third-order valence-electron chi connectivity index (χ3n) is 4.11. The number of hydrogen-bond donors (Lipinski definition) is 2. The van der Waals surface area contributed by atoms with Crippen LogP contribution in [0.25, 0.3) is 21.5 Å². The summed E-state index contributed by atoms with van der Waals surface area (Å²) in [7, 11) is 0. The second-order valence-electron chi connectivity index (χ2n) is 5.18. The Morgan fingerprint density at radius 3 is 2.65 bits per heavy atom. The zero-order chi connectivity index (χ0) is 13.7. The van der Waals surface area contributed by atoms with E-state index in [1.165, 1.54) is 16.2 Å². The zero-order valence-electron chi connectivity index (χ0n) is 10.8. The first-order chi connectivity index (χ1) is 9.75. The molecule has 0 amide bonds. The Morgan fingerprint density at radius 2 is 1.80 bits per heavy atom. The van der Waals surface area contributed by atoms with Gasteiger partial charge in [-0.25, -0.2) is 0 Å². The number of rotatable bonds is 1. The molecular formula is C17H13NO2. The van der Waals surface area contributed by atoms with Gasteiger partial charge < -0.3 is 10.4 Å². The minimum Gasteiger partial charge on any atom is -0.481 e. The van der Waals surface area contributed by atoms with E-state index in [1.54, 1.807) is 0 Å². The highest BCUT2D eigenvalue weighted by Crippen LogP contribution is 2.39. The molecule has 2 N–H and O–H groups in total. The van der Waals surface area contributed by atoms with Crippen LogP contribution in [0.15, 0.2) is 48.5 Å². The highest BCUT2D eigenvalue weighted by Gasteiger charge is 2.29. The molecule has 3 nitrogen and oxygen atoms in total. The number of fused-ring (bicyclic) bond motifs is 5. The summed E-state index contributed by atoms with van der Waals surface area (Å²) < 4.78 is 0. The molecule has 1 aliphatic heterocycles. The Hall–Kier alpha value is -2.55. The molecule has 4 rings (SSSR count). The van der Waals surface area contributed by atoms with E-state index in [0.717, 1.165) is 16.6 Å². The van der Waals surface area contributed by atoms with Gasteiger partial charge in [-0.05, 0) is 21.7 Å². The van der Waals surface area contributed by atoms with E-state index in [1.807, 2.05) is 24.3 Å². The normalized spacial score (nSPS) is 17.1. The quantitative estimate of drug-likeness (QED) is 0.660. The van der Waals surface area contributed by atoms with Gasteiger partial charge in [0.2, 0.25) is 0 Å². The van der Waals surface area contributed by atoms with Crippen LogP contribution < -0.4 is 5.32 Å². The van der Waals surface area contributed by atoms with Gasteiger partial charge in [-0.2, -0.15) is 0 Å². The fraction of sp³-hybridized carbons (Fsp3) is 0.118. The van der Waals surface area contributed by atoms with Crippen molar-refractivity contribution >= 4 is 33.2 Å². The number of carbonyl (C=O) groups is 1. The van der Waals surface area contributed by atoms with Gasteiger partial charge in [0.05, 0.1) is 0 Å². The molecular weight excluding hydrogens is 250 g/mol. The van der Waals surface area contributed by atoms with E-state index in [2.05, 4.69) is 29.6 Å². The molecule has 0 radical (unpaired) electrons. The molecule has 0 fully saturated rings. The maximum absolute atomic E-state index is 11.3. The predicted molar refractivity (Wildman–Crippen MR) is 80.3 cm³/mol. The first-order valence-electron chi connectivity index (χ1n) is 6.67. The molecule has 3 aromatic carbocycles. The Labute approximate surface area is 115 Å². The highest BCUT2D eigenvalue weighted by atomic mass is 16.4. The molecule has 0 saturated heterocycles. The van der Waals surface area contributed by atoms with E-state index in [0.29, 0.717) is 6.54 Å². The lowest BCUT2D eigenvalue weighted by molar-refractivity contribution is -0.138. The van der Waals surface area contributed by atoms with Crippen molar-refractivity contribution in [2.75, 3.05) is 11.9 Å². The van der Waals surface area contributed by atoms with Crippen LogP contribution in [-0.4, -0.2) is 17.6 Å². The van der Waals surface area contributed by atoms with E-state index in [-0.39, 0.29) is 0 Å². The van der Waals surface area contributed by atoms with Crippen molar-refractivity contribution < 1.29 is 9.90 Å². The Bertz CT molecular complexity index is 854. The standard InChI is InChI=1S/C17H13NO2/c19-17(20)15-9-18-16-13-6-5-10-3-1-2-4-11(10)12(13)7-8-14(15)16/h1-8,15,18H,9H2,(H,19,20). The molecule has 0 bridgehead atoms. The van der Waals surface area contributed by atoms with Crippen LogP contribution in [0.1, 0.15) is 11.5 Å². The van der Waals surface area contributed by atoms with E-state index in [9.17, 15) is 9.90 Å². The minimum absolute atomic E-state index is 0.444. The van der Waals surface area contributed by atoms with Crippen LogP contribution in [-0.2, 0) is 4.79 Å². The molecule has 1 heterocycles. The number of carboxylic acids is 1. The molecule has 1 unspecified atom stereocenters. The van der Waals surface area contributed by atoms with E-state index in [4.69, 9.17) is 0 Å². The lowest BCUT2D eigenvalue weighted by atomic mass is 9.95. The monoisotopic (exact) mass is 263 g/mol. The van der Waals surface area contributed by atoms with E-state index < -0.39 is 11.9 Å². The van der Waals surface area contributed by atoms with Gasteiger partial charge in [-0.3, -0.25) is 4.79 Å². The van der Waals surface area contributed by atoms with Gasteiger partial charge in [0.1, 0.15) is 5.92 Å². The molecule has 0 aromatic heterocycles. The first kappa shape index (κ1) is 11.3. The highest BCUT2D eigenvalue weighted by molar-refractivity contribution is 6.12. The molecule has 0 saturated carbocycles. The van der Waals surface area contributed by atoms with Crippen LogP contribution in [0.5, 0.6) is 0 Å². The zero-order valence-corrected chi connectivity index (χ0v) is 10.8. The van der Waals surface area contributed by atoms with Crippen molar-refractivity contribution in [3.63, 3.8) is 0 Å². The summed E-state index contributed by atoms with van der Waals surface area (Å²) in [5, 5.41) is 17.2. The summed E-state index contributed by atoms with van der Waals surface area (Å²) >= 11 is 0. The van der Waals surface area contributed by atoms with Crippen molar-refractivity contribution in [1.29, 1.82) is 0 Å². The largest absolute Gasteiger partial charge is 0.481 e. The predicted octanol–water partition coefficient (Wildman–Crippen LogP) is 3.59. The first-order valence-corrected chi connectivity index (χ1v) is 6.67. The number of nitrogens with one attached hydrogen (secondary N) is 1. The lowest BCUT2D eigenvalue weighted by Crippen LogP contribution is -2.12. The molecule has 0 spiro atoms. The summed E-state index contributed by atoms with van der Waals surface area (Å²) in [4.78, 5) is 11.3. The number of aliphatic carboxylic acids is 1. The third-order valence-corrected chi connectivity index (χ3v) is 4.11. The van der Waals surface area contributed by atoms with Crippen molar-refractivity contribution in [1.82, 2.24) is 0 Å². The average Bonchev–Trinajstić information content (AvgIpc) is 2.91. The molecule has 1 aliphatic rings. The summed E-state index contributed by atoms with van der Waals surface area (Å²) in [6.07, 6.45) is 0. The number of benzene rings is 3. The van der Waals surface area contributed by atoms with Crippen LogP contribution in [0.2, 0.25) is 0 Å². The maximum Gasteiger partial charge on any atom is 0.312 e. The van der Waals surface area contributed by atoms with Gasteiger partial charge in [-0.15, -0.1) is 0 Å². The molecule has 98 valence electrons. The summed E-state index contributed by atoms with van der Waals surface area (Å²) in [6.45, 7) is 0.469. The number of anilines is 1. The van der Waals surface area contributed by atoms with Crippen molar-refractivity contribution in [3.8, 4) is 0 Å². The second kappa shape index (κ2) is 3.97. The summed E-state index contributed by atoms with van der Waals surface area (Å²) in [6, 6.07) is 16.4. The minimum atomic E-state index is -0.767. The van der Waals surface area contributed by atoms with Gasteiger partial charge in [0.15, 0.2) is 0 Å². The topological polar surface area (TPSA) is 49.3 Å². The Kier molecular flexibility index (Phi) is 2.24. The summed E-state index contributed by atoms with van der Waals surface area (Å²) in [5.41, 5.74) is 1.86.